The first-order valence-corrected chi connectivity index (χ1v) is 10.7. The predicted molar refractivity (Wildman–Crippen MR) is 117 cm³/mol. The molecule has 1 saturated heterocycles. The third-order valence-corrected chi connectivity index (χ3v) is 5.53. The molecule has 1 aliphatic heterocycles. The van der Waals surface area contributed by atoms with Crippen LogP contribution in [0.15, 0.2) is 17.1 Å². The summed E-state index contributed by atoms with van der Waals surface area (Å²) in [6.07, 6.45) is 0. The monoisotopic (exact) mass is 377 g/mol. The SMILES string of the molecule is Cc1cc(C)c(NC(=NCCSCCN)N2CC(C)NC(C)C2)c(C)c1. The highest BCUT2D eigenvalue weighted by molar-refractivity contribution is 7.99. The Kier molecular flexibility index (Phi) is 8.25. The van der Waals surface area contributed by atoms with Gasteiger partial charge in [-0.15, -0.1) is 0 Å². The van der Waals surface area contributed by atoms with Gasteiger partial charge in [-0.25, -0.2) is 0 Å². The lowest BCUT2D eigenvalue weighted by Gasteiger charge is -2.38. The van der Waals surface area contributed by atoms with Crippen molar-refractivity contribution in [1.29, 1.82) is 0 Å². The van der Waals surface area contributed by atoms with E-state index in [9.17, 15) is 0 Å². The largest absolute Gasteiger partial charge is 0.340 e. The molecule has 0 aromatic heterocycles. The second kappa shape index (κ2) is 10.2. The number of rotatable bonds is 6. The molecular formula is C20H35N5S. The summed E-state index contributed by atoms with van der Waals surface area (Å²) >= 11 is 1.87. The Bertz CT molecular complexity index is 583. The lowest BCUT2D eigenvalue weighted by Crippen LogP contribution is -2.57. The van der Waals surface area contributed by atoms with Gasteiger partial charge in [-0.3, -0.25) is 4.99 Å². The summed E-state index contributed by atoms with van der Waals surface area (Å²) in [5, 5.41) is 7.26. The molecule has 1 heterocycles. The van der Waals surface area contributed by atoms with E-state index in [4.69, 9.17) is 10.7 Å². The first kappa shape index (κ1) is 21.1. The summed E-state index contributed by atoms with van der Waals surface area (Å²) < 4.78 is 0. The Labute approximate surface area is 163 Å². The van der Waals surface area contributed by atoms with Crippen LogP contribution in [0.2, 0.25) is 0 Å². The fourth-order valence-electron chi connectivity index (χ4n) is 3.61. The fraction of sp³-hybridized carbons (Fsp3) is 0.650. The van der Waals surface area contributed by atoms with Gasteiger partial charge in [0.05, 0.1) is 6.54 Å². The van der Waals surface area contributed by atoms with E-state index >= 15 is 0 Å². The van der Waals surface area contributed by atoms with E-state index in [0.717, 1.165) is 43.6 Å². The lowest BCUT2D eigenvalue weighted by molar-refractivity contribution is 0.254. The van der Waals surface area contributed by atoms with Crippen LogP contribution >= 0.6 is 11.8 Å². The van der Waals surface area contributed by atoms with E-state index in [-0.39, 0.29) is 0 Å². The number of anilines is 1. The van der Waals surface area contributed by atoms with Gasteiger partial charge in [0.1, 0.15) is 0 Å². The van der Waals surface area contributed by atoms with Gasteiger partial charge in [0, 0.05) is 48.9 Å². The van der Waals surface area contributed by atoms with Gasteiger partial charge < -0.3 is 21.3 Å². The van der Waals surface area contributed by atoms with E-state index < -0.39 is 0 Å². The van der Waals surface area contributed by atoms with E-state index in [2.05, 4.69) is 62.3 Å². The summed E-state index contributed by atoms with van der Waals surface area (Å²) in [6.45, 7) is 14.4. The first-order chi connectivity index (χ1) is 12.4. The molecule has 0 aliphatic carbocycles. The van der Waals surface area contributed by atoms with E-state index in [1.54, 1.807) is 0 Å². The molecule has 2 atom stereocenters. The molecule has 0 saturated carbocycles. The van der Waals surface area contributed by atoms with Crippen LogP contribution in [-0.2, 0) is 0 Å². The first-order valence-electron chi connectivity index (χ1n) is 9.58. The average molecular weight is 378 g/mol. The number of nitrogens with two attached hydrogens (primary N) is 1. The number of nitrogens with zero attached hydrogens (tertiary/aromatic N) is 2. The Hall–Kier alpha value is -1.24. The molecule has 146 valence electrons. The van der Waals surface area contributed by atoms with Crippen molar-refractivity contribution in [2.45, 2.75) is 46.7 Å². The Balaban J connectivity index is 2.18. The minimum Gasteiger partial charge on any atom is -0.340 e. The number of hydrogen-bond donors (Lipinski definition) is 3. The molecule has 4 N–H and O–H groups in total. The average Bonchev–Trinajstić information content (AvgIpc) is 2.54. The zero-order valence-corrected chi connectivity index (χ0v) is 17.7. The second-order valence-corrected chi connectivity index (χ2v) is 8.60. The number of nitrogens with one attached hydrogen (secondary N) is 2. The van der Waals surface area contributed by atoms with Crippen LogP contribution in [0.4, 0.5) is 5.69 Å². The topological polar surface area (TPSA) is 65.7 Å². The predicted octanol–water partition coefficient (Wildman–Crippen LogP) is 2.75. The number of benzene rings is 1. The van der Waals surface area contributed by atoms with Crippen molar-refractivity contribution in [3.05, 3.63) is 28.8 Å². The van der Waals surface area contributed by atoms with Gasteiger partial charge >= 0.3 is 0 Å². The highest BCUT2D eigenvalue weighted by atomic mass is 32.2. The van der Waals surface area contributed by atoms with Crippen molar-refractivity contribution in [1.82, 2.24) is 10.2 Å². The summed E-state index contributed by atoms with van der Waals surface area (Å²) in [6, 6.07) is 5.37. The Morgan fingerprint density at radius 2 is 1.81 bits per heavy atom. The molecule has 5 nitrogen and oxygen atoms in total. The van der Waals surface area contributed by atoms with Crippen LogP contribution in [0.5, 0.6) is 0 Å². The maximum absolute atomic E-state index is 5.58. The van der Waals surface area contributed by atoms with E-state index in [0.29, 0.717) is 12.1 Å². The number of hydrogen-bond acceptors (Lipinski definition) is 4. The summed E-state index contributed by atoms with van der Waals surface area (Å²) in [7, 11) is 0. The van der Waals surface area contributed by atoms with Crippen molar-refractivity contribution in [3.63, 3.8) is 0 Å². The van der Waals surface area contributed by atoms with Crippen LogP contribution in [0.25, 0.3) is 0 Å². The van der Waals surface area contributed by atoms with Gasteiger partial charge in [0.25, 0.3) is 0 Å². The lowest BCUT2D eigenvalue weighted by atomic mass is 10.1. The smallest absolute Gasteiger partial charge is 0.198 e. The van der Waals surface area contributed by atoms with Crippen LogP contribution in [0.1, 0.15) is 30.5 Å². The minimum atomic E-state index is 0.456. The fourth-order valence-corrected chi connectivity index (χ4v) is 4.20. The molecular weight excluding hydrogens is 342 g/mol. The van der Waals surface area contributed by atoms with Crippen molar-refractivity contribution in [2.75, 3.05) is 43.0 Å². The van der Waals surface area contributed by atoms with Crippen molar-refractivity contribution in [2.24, 2.45) is 10.7 Å². The van der Waals surface area contributed by atoms with Crippen LogP contribution in [-0.4, -0.2) is 60.6 Å². The maximum atomic E-state index is 5.58. The van der Waals surface area contributed by atoms with E-state index in [1.165, 1.54) is 22.4 Å². The summed E-state index contributed by atoms with van der Waals surface area (Å²) in [4.78, 5) is 7.32. The minimum absolute atomic E-state index is 0.456. The summed E-state index contributed by atoms with van der Waals surface area (Å²) in [5.41, 5.74) is 10.6. The maximum Gasteiger partial charge on any atom is 0.198 e. The molecule has 1 aromatic rings. The quantitative estimate of drug-likeness (QED) is 0.404. The van der Waals surface area contributed by atoms with Gasteiger partial charge in [-0.1, -0.05) is 17.7 Å². The zero-order chi connectivity index (χ0) is 19.1. The molecule has 0 radical (unpaired) electrons. The molecule has 1 aliphatic rings. The van der Waals surface area contributed by atoms with E-state index in [1.807, 2.05) is 11.8 Å². The van der Waals surface area contributed by atoms with Crippen LogP contribution in [0.3, 0.4) is 0 Å². The van der Waals surface area contributed by atoms with Crippen LogP contribution in [0, 0.1) is 20.8 Å². The molecule has 1 aromatic carbocycles. The van der Waals surface area contributed by atoms with Crippen molar-refractivity contribution >= 4 is 23.4 Å². The molecule has 6 heteroatoms. The molecule has 0 bridgehead atoms. The van der Waals surface area contributed by atoms with Gasteiger partial charge in [-0.2, -0.15) is 11.8 Å². The highest BCUT2D eigenvalue weighted by Gasteiger charge is 2.24. The van der Waals surface area contributed by atoms with Crippen LogP contribution < -0.4 is 16.4 Å². The normalized spacial score (nSPS) is 21.2. The zero-order valence-electron chi connectivity index (χ0n) is 16.9. The molecule has 26 heavy (non-hydrogen) atoms. The Morgan fingerprint density at radius 3 is 2.38 bits per heavy atom. The number of piperazine rings is 1. The number of aliphatic imine (C=N–C) groups is 1. The number of thioether (sulfide) groups is 1. The molecule has 1 fully saturated rings. The number of guanidine groups is 1. The van der Waals surface area contributed by atoms with Crippen molar-refractivity contribution < 1.29 is 0 Å². The highest BCUT2D eigenvalue weighted by Crippen LogP contribution is 2.23. The second-order valence-electron chi connectivity index (χ2n) is 7.38. The number of aryl methyl sites for hydroxylation is 3. The molecule has 0 amide bonds. The molecule has 2 rings (SSSR count). The van der Waals surface area contributed by atoms with Crippen molar-refractivity contribution in [3.8, 4) is 0 Å². The molecule has 2 unspecified atom stereocenters. The van der Waals surface area contributed by atoms with Gasteiger partial charge in [0.2, 0.25) is 0 Å². The van der Waals surface area contributed by atoms with Gasteiger partial charge in [-0.05, 0) is 45.7 Å². The third kappa shape index (κ3) is 6.18. The standard InChI is InChI=1S/C20H35N5S/c1-14-10-15(2)19(16(3)11-14)24-20(22-7-9-26-8-6-21)25-12-17(4)23-18(5)13-25/h10-11,17-18,23H,6-9,12-13,21H2,1-5H3,(H,22,24). The Morgan fingerprint density at radius 1 is 1.19 bits per heavy atom. The third-order valence-electron chi connectivity index (χ3n) is 4.53. The van der Waals surface area contributed by atoms with Gasteiger partial charge in [0.15, 0.2) is 5.96 Å². The summed E-state index contributed by atoms with van der Waals surface area (Å²) in [5.74, 6) is 3.00. The molecule has 0 spiro atoms.